The van der Waals surface area contributed by atoms with Crippen LogP contribution in [-0.4, -0.2) is 42.9 Å². The van der Waals surface area contributed by atoms with Crippen molar-refractivity contribution in [3.05, 3.63) is 0 Å². The number of hydrogen-bond acceptors (Lipinski definition) is 3. The lowest BCUT2D eigenvalue weighted by atomic mass is 9.84. The van der Waals surface area contributed by atoms with Gasteiger partial charge in [0.25, 0.3) is 0 Å². The molecule has 0 aliphatic carbocycles. The van der Waals surface area contributed by atoms with Gasteiger partial charge in [-0.3, -0.25) is 9.59 Å². The van der Waals surface area contributed by atoms with Crippen LogP contribution in [0.2, 0.25) is 0 Å². The second kappa shape index (κ2) is 6.89. The lowest BCUT2D eigenvalue weighted by Crippen LogP contribution is -2.50. The zero-order valence-electron chi connectivity index (χ0n) is 12.4. The summed E-state index contributed by atoms with van der Waals surface area (Å²) in [6.45, 7) is 8.20. The van der Waals surface area contributed by atoms with Crippen LogP contribution in [0.5, 0.6) is 0 Å². The Morgan fingerprint density at radius 3 is 2.32 bits per heavy atom. The van der Waals surface area contributed by atoms with Crippen molar-refractivity contribution in [1.82, 2.24) is 10.2 Å². The molecular formula is C14H27N3O2. The zero-order chi connectivity index (χ0) is 14.5. The smallest absolute Gasteiger partial charge is 0.229 e. The Kier molecular flexibility index (Phi) is 5.79. The van der Waals surface area contributed by atoms with Crippen LogP contribution in [0, 0.1) is 11.3 Å². The van der Waals surface area contributed by atoms with Crippen LogP contribution in [0.1, 0.15) is 40.0 Å². The van der Waals surface area contributed by atoms with E-state index in [1.807, 2.05) is 25.7 Å². The van der Waals surface area contributed by atoms with Gasteiger partial charge < -0.3 is 16.0 Å². The maximum atomic E-state index is 12.4. The van der Waals surface area contributed by atoms with Crippen molar-refractivity contribution in [3.8, 4) is 0 Å². The van der Waals surface area contributed by atoms with Crippen molar-refractivity contribution in [1.29, 1.82) is 0 Å². The first kappa shape index (κ1) is 16.0. The first-order valence-electron chi connectivity index (χ1n) is 7.25. The van der Waals surface area contributed by atoms with Gasteiger partial charge in [0.15, 0.2) is 0 Å². The molecule has 19 heavy (non-hydrogen) atoms. The molecule has 2 amide bonds. The molecule has 1 atom stereocenters. The molecule has 3 N–H and O–H groups in total. The number of piperidine rings is 1. The Hall–Kier alpha value is -1.10. The molecule has 0 saturated carbocycles. The number of nitrogens with two attached hydrogens (primary N) is 1. The van der Waals surface area contributed by atoms with Crippen molar-refractivity contribution in [2.45, 2.75) is 40.0 Å². The predicted molar refractivity (Wildman–Crippen MR) is 75.4 cm³/mol. The van der Waals surface area contributed by atoms with Gasteiger partial charge in [-0.25, -0.2) is 0 Å². The fourth-order valence-electron chi connectivity index (χ4n) is 2.43. The van der Waals surface area contributed by atoms with Crippen molar-refractivity contribution >= 4 is 11.8 Å². The maximum absolute atomic E-state index is 12.4. The monoisotopic (exact) mass is 269 g/mol. The summed E-state index contributed by atoms with van der Waals surface area (Å²) in [4.78, 5) is 26.0. The number of hydrogen-bond donors (Lipinski definition) is 2. The van der Waals surface area contributed by atoms with Gasteiger partial charge in [0, 0.05) is 32.1 Å². The van der Waals surface area contributed by atoms with E-state index in [4.69, 9.17) is 5.73 Å². The Morgan fingerprint density at radius 2 is 1.89 bits per heavy atom. The van der Waals surface area contributed by atoms with E-state index in [2.05, 4.69) is 5.32 Å². The van der Waals surface area contributed by atoms with Crippen LogP contribution in [0.15, 0.2) is 0 Å². The highest BCUT2D eigenvalue weighted by Gasteiger charge is 2.36. The average Bonchev–Trinajstić information content (AvgIpc) is 2.46. The van der Waals surface area contributed by atoms with E-state index in [1.165, 1.54) is 0 Å². The molecule has 1 saturated heterocycles. The average molecular weight is 269 g/mol. The van der Waals surface area contributed by atoms with Crippen molar-refractivity contribution in [3.63, 3.8) is 0 Å². The number of nitrogens with one attached hydrogen (secondary N) is 1. The summed E-state index contributed by atoms with van der Waals surface area (Å²) in [6.07, 6.45) is 2.25. The highest BCUT2D eigenvalue weighted by atomic mass is 16.2. The summed E-state index contributed by atoms with van der Waals surface area (Å²) in [6, 6.07) is 0. The molecule has 0 radical (unpaired) electrons. The lowest BCUT2D eigenvalue weighted by Gasteiger charge is -2.37. The first-order chi connectivity index (χ1) is 8.98. The first-order valence-corrected chi connectivity index (χ1v) is 7.25. The number of carbonyl (C=O) groups is 2. The zero-order valence-corrected chi connectivity index (χ0v) is 12.4. The molecule has 1 unspecified atom stereocenters. The van der Waals surface area contributed by atoms with Gasteiger partial charge in [0.05, 0.1) is 5.41 Å². The van der Waals surface area contributed by atoms with E-state index in [0.717, 1.165) is 19.3 Å². The van der Waals surface area contributed by atoms with Crippen LogP contribution in [0.25, 0.3) is 0 Å². The molecule has 1 aliphatic rings. The molecular weight excluding hydrogens is 242 g/mol. The minimum absolute atomic E-state index is 0.0507. The lowest BCUT2D eigenvalue weighted by molar-refractivity contribution is -0.144. The molecule has 0 aromatic heterocycles. The molecule has 1 rings (SSSR count). The Morgan fingerprint density at radius 1 is 1.32 bits per heavy atom. The van der Waals surface area contributed by atoms with Crippen molar-refractivity contribution in [2.24, 2.45) is 17.1 Å². The fourth-order valence-corrected chi connectivity index (χ4v) is 2.43. The quantitative estimate of drug-likeness (QED) is 0.773. The van der Waals surface area contributed by atoms with Crippen LogP contribution in [0.3, 0.4) is 0 Å². The summed E-state index contributed by atoms with van der Waals surface area (Å²) in [7, 11) is 0. The van der Waals surface area contributed by atoms with Crippen molar-refractivity contribution < 1.29 is 9.59 Å². The highest BCUT2D eigenvalue weighted by Crippen LogP contribution is 2.26. The van der Waals surface area contributed by atoms with E-state index in [9.17, 15) is 9.59 Å². The van der Waals surface area contributed by atoms with Crippen molar-refractivity contribution in [2.75, 3.05) is 26.2 Å². The Balaban J connectivity index is 2.54. The fraction of sp³-hybridized carbons (Fsp3) is 0.857. The van der Waals surface area contributed by atoms with Gasteiger partial charge in [-0.05, 0) is 33.1 Å². The topological polar surface area (TPSA) is 75.4 Å². The van der Waals surface area contributed by atoms with Gasteiger partial charge in [0.1, 0.15) is 0 Å². The molecule has 5 heteroatoms. The van der Waals surface area contributed by atoms with E-state index in [1.54, 1.807) is 0 Å². The molecule has 5 nitrogen and oxygen atoms in total. The van der Waals surface area contributed by atoms with E-state index >= 15 is 0 Å². The second-order valence-electron chi connectivity index (χ2n) is 5.58. The van der Waals surface area contributed by atoms with Gasteiger partial charge in [-0.2, -0.15) is 0 Å². The molecule has 0 bridgehead atoms. The summed E-state index contributed by atoms with van der Waals surface area (Å²) in [5, 5.41) is 2.85. The molecule has 1 fully saturated rings. The Bertz CT molecular complexity index is 319. The maximum Gasteiger partial charge on any atom is 0.229 e. The van der Waals surface area contributed by atoms with Gasteiger partial charge in [-0.15, -0.1) is 0 Å². The van der Waals surface area contributed by atoms with Gasteiger partial charge in [-0.1, -0.05) is 6.92 Å². The van der Waals surface area contributed by atoms with Crippen LogP contribution >= 0.6 is 0 Å². The van der Waals surface area contributed by atoms with Gasteiger partial charge in [0.2, 0.25) is 11.8 Å². The third-order valence-electron chi connectivity index (χ3n) is 4.25. The summed E-state index contributed by atoms with van der Waals surface area (Å²) in [5.74, 6) is 0.299. The van der Waals surface area contributed by atoms with E-state index in [0.29, 0.717) is 26.2 Å². The van der Waals surface area contributed by atoms with Crippen LogP contribution < -0.4 is 11.1 Å². The van der Waals surface area contributed by atoms with Gasteiger partial charge >= 0.3 is 0 Å². The molecule has 1 aliphatic heterocycles. The van der Waals surface area contributed by atoms with Crippen LogP contribution in [-0.2, 0) is 9.59 Å². The normalized spacial score (nSPS) is 19.9. The molecule has 0 aromatic rings. The number of rotatable bonds is 5. The summed E-state index contributed by atoms with van der Waals surface area (Å²) >= 11 is 0. The molecule has 110 valence electrons. The highest BCUT2D eigenvalue weighted by molar-refractivity contribution is 5.83. The number of carbonyl (C=O) groups excluding carboxylic acids is 2. The Labute approximate surface area is 115 Å². The summed E-state index contributed by atoms with van der Waals surface area (Å²) in [5.41, 5.74) is 5.27. The second-order valence-corrected chi connectivity index (χ2v) is 5.58. The van der Waals surface area contributed by atoms with Crippen LogP contribution in [0.4, 0.5) is 0 Å². The molecule has 1 heterocycles. The number of likely N-dealkylation sites (tertiary alicyclic amines) is 1. The third-order valence-corrected chi connectivity index (χ3v) is 4.25. The molecule has 0 aromatic carbocycles. The summed E-state index contributed by atoms with van der Waals surface area (Å²) < 4.78 is 0. The van der Waals surface area contributed by atoms with E-state index in [-0.39, 0.29) is 17.7 Å². The number of amides is 2. The SMILES string of the molecule is CCNC(=O)C1CCN(C(=O)C(C)(CC)CN)CC1. The largest absolute Gasteiger partial charge is 0.356 e. The minimum Gasteiger partial charge on any atom is -0.356 e. The predicted octanol–water partition coefficient (Wildman–Crippen LogP) is 0.736. The number of nitrogens with zero attached hydrogens (tertiary/aromatic N) is 1. The molecule has 0 spiro atoms. The standard InChI is InChI=1S/C14H27N3O2/c1-4-14(3,10-15)13(19)17-8-6-11(7-9-17)12(18)16-5-2/h11H,4-10,15H2,1-3H3,(H,16,18). The van der Waals surface area contributed by atoms with E-state index < -0.39 is 5.41 Å². The minimum atomic E-state index is -0.460. The third kappa shape index (κ3) is 3.69.